The number of urea groups is 1. The average Bonchev–Trinajstić information content (AvgIpc) is 3.13. The molecule has 0 aliphatic rings. The summed E-state index contributed by atoms with van der Waals surface area (Å²) in [5.41, 5.74) is 10.5. The zero-order chi connectivity index (χ0) is 20.9. The number of rotatable bonds is 5. The molecule has 4 aromatic rings. The third-order valence-corrected chi connectivity index (χ3v) is 4.86. The second-order valence-electron chi connectivity index (χ2n) is 7.04. The summed E-state index contributed by atoms with van der Waals surface area (Å²) in [6.45, 7) is 0.476. The third kappa shape index (κ3) is 4.50. The molecule has 4 N–H and O–H groups in total. The summed E-state index contributed by atoms with van der Waals surface area (Å²) in [6, 6.07) is 24.8. The van der Waals surface area contributed by atoms with E-state index in [4.69, 9.17) is 5.73 Å². The fraction of sp³-hybridized carbons (Fsp3) is 0.0833. The van der Waals surface area contributed by atoms with Crippen molar-refractivity contribution in [2.75, 3.05) is 10.6 Å². The molecule has 0 fully saturated rings. The van der Waals surface area contributed by atoms with Gasteiger partial charge in [0, 0.05) is 41.1 Å². The van der Waals surface area contributed by atoms with Gasteiger partial charge in [-0.05, 0) is 42.0 Å². The lowest BCUT2D eigenvalue weighted by molar-refractivity contribution is 0.262. The van der Waals surface area contributed by atoms with E-state index >= 15 is 0 Å². The molecule has 0 saturated heterocycles. The minimum atomic E-state index is -0.288. The van der Waals surface area contributed by atoms with Gasteiger partial charge in [0.1, 0.15) is 5.84 Å². The van der Waals surface area contributed by atoms with Crippen LogP contribution >= 0.6 is 0 Å². The van der Waals surface area contributed by atoms with Crippen molar-refractivity contribution >= 4 is 34.1 Å². The Labute approximate surface area is 175 Å². The van der Waals surface area contributed by atoms with Crippen LogP contribution in [0.1, 0.15) is 11.1 Å². The molecule has 0 aliphatic heterocycles. The number of nitrogens with one attached hydrogen (secondary N) is 2. The van der Waals surface area contributed by atoms with Gasteiger partial charge in [-0.1, -0.05) is 42.5 Å². The molecule has 0 bridgehead atoms. The maximum atomic E-state index is 12.3. The first-order chi connectivity index (χ1) is 14.6. The highest BCUT2D eigenvalue weighted by molar-refractivity contribution is 6.01. The lowest BCUT2D eigenvalue weighted by atomic mass is 10.2. The largest absolute Gasteiger partial charge is 0.383 e. The molecule has 1 heterocycles. The number of hydrogen-bond acceptors (Lipinski definition) is 2. The summed E-state index contributed by atoms with van der Waals surface area (Å²) >= 11 is 0. The normalized spacial score (nSPS) is 11.4. The van der Waals surface area contributed by atoms with Crippen LogP contribution in [0.4, 0.5) is 16.2 Å². The van der Waals surface area contributed by atoms with Gasteiger partial charge in [0.15, 0.2) is 0 Å². The van der Waals surface area contributed by atoms with Crippen LogP contribution < -0.4 is 16.4 Å². The van der Waals surface area contributed by atoms with Crippen molar-refractivity contribution in [2.45, 2.75) is 6.54 Å². The van der Waals surface area contributed by atoms with E-state index in [2.05, 4.69) is 15.6 Å². The first-order valence-electron chi connectivity index (χ1n) is 9.66. The predicted octanol–water partition coefficient (Wildman–Crippen LogP) is 4.73. The van der Waals surface area contributed by atoms with E-state index in [1.807, 2.05) is 96.7 Å². The number of anilines is 2. The van der Waals surface area contributed by atoms with E-state index in [0.717, 1.165) is 27.7 Å². The van der Waals surface area contributed by atoms with Crippen molar-refractivity contribution < 1.29 is 4.79 Å². The molecule has 4 rings (SSSR count). The van der Waals surface area contributed by atoms with E-state index in [9.17, 15) is 4.79 Å². The Hall–Kier alpha value is -4.06. The molecule has 30 heavy (non-hydrogen) atoms. The van der Waals surface area contributed by atoms with Crippen molar-refractivity contribution in [3.63, 3.8) is 0 Å². The van der Waals surface area contributed by atoms with Gasteiger partial charge in [0.25, 0.3) is 0 Å². The fourth-order valence-corrected chi connectivity index (χ4v) is 3.22. The standard InChI is InChI=1S/C24H23N5O/c1-29-14-13-19-15-21(11-12-22(19)29)28-24(30)27-20-9-7-17(8-10-20)16-26-23(25)18-5-3-2-4-6-18/h2-15H,16H2,1H3,(H2,25,26)(H2,27,28,30). The highest BCUT2D eigenvalue weighted by Crippen LogP contribution is 2.20. The number of aryl methyl sites for hydroxylation is 1. The van der Waals surface area contributed by atoms with Crippen LogP contribution in [0.15, 0.2) is 90.1 Å². The van der Waals surface area contributed by atoms with Crippen molar-refractivity contribution in [1.29, 1.82) is 0 Å². The van der Waals surface area contributed by atoms with Crippen LogP contribution in [0.25, 0.3) is 10.9 Å². The number of carbonyl (C=O) groups excluding carboxylic acids is 1. The first kappa shape index (κ1) is 19.3. The summed E-state index contributed by atoms with van der Waals surface area (Å²) in [6.07, 6.45) is 1.99. The van der Waals surface area contributed by atoms with Crippen molar-refractivity contribution in [3.05, 3.63) is 96.2 Å². The molecule has 3 aromatic carbocycles. The van der Waals surface area contributed by atoms with E-state index < -0.39 is 0 Å². The molecule has 6 nitrogen and oxygen atoms in total. The number of aliphatic imine (C=N–C) groups is 1. The van der Waals surface area contributed by atoms with Crippen molar-refractivity contribution in [3.8, 4) is 0 Å². The number of aromatic nitrogens is 1. The van der Waals surface area contributed by atoms with Gasteiger partial charge in [-0.25, -0.2) is 4.79 Å². The minimum Gasteiger partial charge on any atom is -0.383 e. The van der Waals surface area contributed by atoms with Gasteiger partial charge < -0.3 is 20.9 Å². The molecule has 0 unspecified atom stereocenters. The number of carbonyl (C=O) groups is 1. The quantitative estimate of drug-likeness (QED) is 0.336. The van der Waals surface area contributed by atoms with Gasteiger partial charge >= 0.3 is 6.03 Å². The van der Waals surface area contributed by atoms with Crippen LogP contribution in [-0.2, 0) is 13.6 Å². The highest BCUT2D eigenvalue weighted by atomic mass is 16.2. The van der Waals surface area contributed by atoms with Gasteiger partial charge in [0.2, 0.25) is 0 Å². The second kappa shape index (κ2) is 8.53. The molecular formula is C24H23N5O. The van der Waals surface area contributed by atoms with E-state index in [0.29, 0.717) is 18.1 Å². The molecule has 6 heteroatoms. The zero-order valence-corrected chi connectivity index (χ0v) is 16.7. The maximum absolute atomic E-state index is 12.3. The molecule has 0 radical (unpaired) electrons. The van der Waals surface area contributed by atoms with Crippen LogP contribution in [0, 0.1) is 0 Å². The minimum absolute atomic E-state index is 0.288. The number of nitrogens with zero attached hydrogens (tertiary/aromatic N) is 2. The van der Waals surface area contributed by atoms with Gasteiger partial charge in [-0.3, -0.25) is 4.99 Å². The molecule has 150 valence electrons. The lowest BCUT2D eigenvalue weighted by Gasteiger charge is -2.09. The smallest absolute Gasteiger partial charge is 0.323 e. The maximum Gasteiger partial charge on any atom is 0.323 e. The molecule has 0 atom stereocenters. The molecule has 0 aliphatic carbocycles. The molecule has 1 aromatic heterocycles. The monoisotopic (exact) mass is 397 g/mol. The molecule has 0 saturated carbocycles. The Morgan fingerprint density at radius 2 is 1.63 bits per heavy atom. The summed E-state index contributed by atoms with van der Waals surface area (Å²) in [4.78, 5) is 16.7. The number of nitrogens with two attached hydrogens (primary N) is 1. The Kier molecular flexibility index (Phi) is 5.48. The Morgan fingerprint density at radius 1 is 0.933 bits per heavy atom. The second-order valence-corrected chi connectivity index (χ2v) is 7.04. The third-order valence-electron chi connectivity index (χ3n) is 4.86. The Morgan fingerprint density at radius 3 is 2.40 bits per heavy atom. The molecular weight excluding hydrogens is 374 g/mol. The number of amidine groups is 1. The molecule has 0 spiro atoms. The van der Waals surface area contributed by atoms with Crippen molar-refractivity contribution in [2.24, 2.45) is 17.8 Å². The van der Waals surface area contributed by atoms with Crippen molar-refractivity contribution in [1.82, 2.24) is 4.57 Å². The average molecular weight is 397 g/mol. The van der Waals surface area contributed by atoms with E-state index in [1.54, 1.807) is 0 Å². The van der Waals surface area contributed by atoms with Gasteiger partial charge in [-0.2, -0.15) is 0 Å². The van der Waals surface area contributed by atoms with E-state index in [-0.39, 0.29) is 6.03 Å². The van der Waals surface area contributed by atoms with E-state index in [1.165, 1.54) is 0 Å². The topological polar surface area (TPSA) is 84.4 Å². The van der Waals surface area contributed by atoms with Gasteiger partial charge in [0.05, 0.1) is 6.54 Å². The van der Waals surface area contributed by atoms with Gasteiger partial charge in [-0.15, -0.1) is 0 Å². The van der Waals surface area contributed by atoms with Crippen LogP contribution in [0.5, 0.6) is 0 Å². The predicted molar refractivity (Wildman–Crippen MR) is 123 cm³/mol. The number of fused-ring (bicyclic) bond motifs is 1. The zero-order valence-electron chi connectivity index (χ0n) is 16.7. The SMILES string of the molecule is Cn1ccc2cc(NC(=O)Nc3ccc(CN=C(N)c4ccccc4)cc3)ccc21. The van der Waals surface area contributed by atoms with Crippen LogP contribution in [0.2, 0.25) is 0 Å². The summed E-state index contributed by atoms with van der Waals surface area (Å²) in [5.74, 6) is 0.507. The van der Waals surface area contributed by atoms with Crippen LogP contribution in [0.3, 0.4) is 0 Å². The summed E-state index contributed by atoms with van der Waals surface area (Å²) in [7, 11) is 1.99. The number of amides is 2. The number of hydrogen-bond donors (Lipinski definition) is 3. The number of benzene rings is 3. The lowest BCUT2D eigenvalue weighted by Crippen LogP contribution is -2.19. The first-order valence-corrected chi connectivity index (χ1v) is 9.66. The highest BCUT2D eigenvalue weighted by Gasteiger charge is 2.05. The van der Waals surface area contributed by atoms with Crippen LogP contribution in [-0.4, -0.2) is 16.4 Å². The summed E-state index contributed by atoms with van der Waals surface area (Å²) in [5, 5.41) is 6.79. The molecule has 2 amide bonds. The fourth-order valence-electron chi connectivity index (χ4n) is 3.22. The summed E-state index contributed by atoms with van der Waals surface area (Å²) < 4.78 is 2.04. The Balaban J connectivity index is 1.35. The Bertz CT molecular complexity index is 1190.